The summed E-state index contributed by atoms with van der Waals surface area (Å²) < 4.78 is 0. The molecule has 1 aliphatic heterocycles. The van der Waals surface area contributed by atoms with E-state index in [9.17, 15) is 0 Å². The lowest BCUT2D eigenvalue weighted by atomic mass is 9.73. The third-order valence-corrected chi connectivity index (χ3v) is 25.4. The summed E-state index contributed by atoms with van der Waals surface area (Å²) in [5, 5.41) is 10.3. The second kappa shape index (κ2) is 29.4. The number of allylic oxidation sites excluding steroid dienone is 7. The normalized spacial score (nSPS) is 15.9. The SMILES string of the molecule is C1=CC2Sc3c(-c4ccc(-c5nc(-c6ccc(-c7cccc8ccccc78)cc6)nc(-c6ccc(-c7cccc8ccccc78)cc6)n5)cc4)cccc3C2C=C1.CC1(C)c2c(-c3ccc(-c4nc(-c5ccc(-c6cccc7ccccc67)cc5)nc(-c5ccc(-c6cccc7ccccc67)cc5)n4)cc3)cccc2C2C=CC=CC21. The first-order chi connectivity index (χ1) is 57.2. The molecule has 4 unspecified atom stereocenters. The quantitative estimate of drug-likeness (QED) is 0.121. The first-order valence-electron chi connectivity index (χ1n) is 39.9. The molecule has 0 spiro atoms. The standard InChI is InChI=1S/C56H41N3.C53H35N3S/c1-56(2)51-23-8-7-18-49(51)50-22-11-21-48(52(50)56)40-28-34-43(35-29-40)55-58-53(41-30-24-38(25-31-41)46-19-9-14-36-12-3-5-16-44(36)46)57-54(59-55)42-32-26-39(27-33-42)47-20-10-15-37-13-4-6-17-45(37)47;1-3-14-42-34(10-1)12-7-17-44(42)36-22-28-39(29-23-36)51-54-52(40-30-24-37(25-31-40)45-18-8-13-35-11-2-4-15-43(35)45)56-53(55-51)41-32-26-38(27-33-41)46-19-9-20-48-47-16-5-6-21-49(47)57-50(46)48/h3-35,49,51H,1-2H3;1-33,47,49H. The maximum atomic E-state index is 5.15. The van der Waals surface area contributed by atoms with E-state index in [1.165, 1.54) is 109 Å². The lowest BCUT2D eigenvalue weighted by Crippen LogP contribution is -2.25. The van der Waals surface area contributed by atoms with Crippen molar-refractivity contribution in [3.05, 3.63) is 417 Å². The van der Waals surface area contributed by atoms with E-state index in [2.05, 4.69) is 414 Å². The van der Waals surface area contributed by atoms with Crippen molar-refractivity contribution in [1.82, 2.24) is 29.9 Å². The minimum atomic E-state index is 0.0147. The minimum absolute atomic E-state index is 0.0147. The molecule has 0 N–H and O–H groups in total. The topological polar surface area (TPSA) is 77.3 Å². The molecule has 0 bridgehead atoms. The summed E-state index contributed by atoms with van der Waals surface area (Å²) in [7, 11) is 0. The highest BCUT2D eigenvalue weighted by molar-refractivity contribution is 8.00. The molecule has 0 saturated heterocycles. The predicted octanol–water partition coefficient (Wildman–Crippen LogP) is 28.2. The van der Waals surface area contributed by atoms with E-state index < -0.39 is 0 Å². The van der Waals surface area contributed by atoms with Gasteiger partial charge in [0.25, 0.3) is 0 Å². The Morgan fingerprint density at radius 1 is 0.224 bits per heavy atom. The van der Waals surface area contributed by atoms with E-state index in [1.54, 1.807) is 0 Å². The molecule has 18 aromatic rings. The Bertz CT molecular complexity index is 6700. The van der Waals surface area contributed by atoms with Crippen molar-refractivity contribution < 1.29 is 0 Å². The molecule has 0 radical (unpaired) electrons. The van der Waals surface area contributed by atoms with Crippen LogP contribution in [-0.4, -0.2) is 35.2 Å². The first-order valence-corrected chi connectivity index (χ1v) is 40.8. The molecule has 3 heterocycles. The summed E-state index contributed by atoms with van der Waals surface area (Å²) in [6, 6.07) is 126. The number of hydrogen-bond acceptors (Lipinski definition) is 7. The van der Waals surface area contributed by atoms with Crippen molar-refractivity contribution in [1.29, 1.82) is 0 Å². The summed E-state index contributed by atoms with van der Waals surface area (Å²) in [6.45, 7) is 4.80. The maximum absolute atomic E-state index is 5.15. The Kier molecular flexibility index (Phi) is 17.7. The van der Waals surface area contributed by atoms with E-state index >= 15 is 0 Å². The zero-order valence-corrected chi connectivity index (χ0v) is 64.8. The van der Waals surface area contributed by atoms with E-state index in [1.807, 2.05) is 11.8 Å². The van der Waals surface area contributed by atoms with Gasteiger partial charge >= 0.3 is 0 Å². The second-order valence-electron chi connectivity index (χ2n) is 31.1. The van der Waals surface area contributed by atoms with Crippen LogP contribution in [0.1, 0.15) is 42.4 Å². The molecular weight excluding hydrogens is 1430 g/mol. The van der Waals surface area contributed by atoms with Gasteiger partial charge in [-0.15, -0.1) is 11.8 Å². The van der Waals surface area contributed by atoms with Crippen LogP contribution in [0, 0.1) is 5.92 Å². The molecule has 16 aromatic carbocycles. The number of benzene rings is 16. The highest BCUT2D eigenvalue weighted by Gasteiger charge is 2.46. The van der Waals surface area contributed by atoms with Gasteiger partial charge in [0.1, 0.15) is 0 Å². The number of hydrogen-bond donors (Lipinski definition) is 0. The molecule has 2 aromatic heterocycles. The van der Waals surface area contributed by atoms with Crippen LogP contribution in [0.2, 0.25) is 0 Å². The zero-order valence-electron chi connectivity index (χ0n) is 64.0. The molecule has 4 atom stereocenters. The van der Waals surface area contributed by atoms with Crippen LogP contribution in [0.3, 0.4) is 0 Å². The van der Waals surface area contributed by atoms with Crippen LogP contribution in [0.25, 0.3) is 178 Å². The second-order valence-corrected chi connectivity index (χ2v) is 32.3. The predicted molar refractivity (Wildman–Crippen MR) is 483 cm³/mol. The molecule has 116 heavy (non-hydrogen) atoms. The largest absolute Gasteiger partial charge is 0.208 e. The van der Waals surface area contributed by atoms with Gasteiger partial charge in [0.05, 0.1) is 0 Å². The molecule has 0 amide bonds. The Morgan fingerprint density at radius 3 is 0.845 bits per heavy atom. The van der Waals surface area contributed by atoms with E-state index in [-0.39, 0.29) is 5.41 Å². The third-order valence-electron chi connectivity index (χ3n) is 24.0. The molecule has 548 valence electrons. The Labute approximate surface area is 679 Å². The smallest absolute Gasteiger partial charge is 0.164 e. The number of nitrogens with zero attached hydrogens (tertiary/aromatic N) is 6. The maximum Gasteiger partial charge on any atom is 0.164 e. The van der Waals surface area contributed by atoms with Gasteiger partial charge in [-0.3, -0.25) is 0 Å². The van der Waals surface area contributed by atoms with Crippen molar-refractivity contribution in [3.63, 3.8) is 0 Å². The highest BCUT2D eigenvalue weighted by atomic mass is 32.2. The number of rotatable bonds is 12. The number of thioether (sulfide) groups is 1. The van der Waals surface area contributed by atoms with Crippen LogP contribution in [0.15, 0.2) is 405 Å². The van der Waals surface area contributed by atoms with Crippen LogP contribution in [0.5, 0.6) is 0 Å². The molecule has 0 fully saturated rings. The summed E-state index contributed by atoms with van der Waals surface area (Å²) in [4.78, 5) is 32.1. The first kappa shape index (κ1) is 69.8. The molecule has 4 aliphatic rings. The van der Waals surface area contributed by atoms with E-state index in [0.29, 0.717) is 58.0 Å². The summed E-state index contributed by atoms with van der Waals surface area (Å²) in [5.41, 5.74) is 24.4. The summed E-state index contributed by atoms with van der Waals surface area (Å²) in [5.74, 6) is 5.15. The fourth-order valence-corrected chi connectivity index (χ4v) is 19.6. The van der Waals surface area contributed by atoms with Crippen molar-refractivity contribution in [2.24, 2.45) is 5.92 Å². The van der Waals surface area contributed by atoms with Crippen molar-refractivity contribution >= 4 is 54.9 Å². The van der Waals surface area contributed by atoms with Gasteiger partial charge in [-0.25, -0.2) is 29.9 Å². The van der Waals surface area contributed by atoms with Crippen molar-refractivity contribution in [2.45, 2.75) is 41.2 Å². The van der Waals surface area contributed by atoms with Crippen LogP contribution < -0.4 is 0 Å². The molecule has 3 aliphatic carbocycles. The van der Waals surface area contributed by atoms with Crippen LogP contribution >= 0.6 is 11.8 Å². The zero-order chi connectivity index (χ0) is 77.2. The molecule has 0 saturated carbocycles. The average molecular weight is 1500 g/mol. The van der Waals surface area contributed by atoms with Gasteiger partial charge < -0.3 is 0 Å². The third kappa shape index (κ3) is 12.8. The van der Waals surface area contributed by atoms with Crippen molar-refractivity contribution in [3.8, 4) is 135 Å². The molecule has 7 heteroatoms. The Balaban J connectivity index is 0.000000145. The van der Waals surface area contributed by atoms with Crippen LogP contribution in [-0.2, 0) is 5.41 Å². The van der Waals surface area contributed by atoms with Crippen LogP contribution in [0.4, 0.5) is 0 Å². The summed E-state index contributed by atoms with van der Waals surface area (Å²) >= 11 is 1.97. The fourth-order valence-electron chi connectivity index (χ4n) is 18.1. The van der Waals surface area contributed by atoms with E-state index in [4.69, 9.17) is 29.9 Å². The van der Waals surface area contributed by atoms with Gasteiger partial charge in [-0.2, -0.15) is 0 Å². The van der Waals surface area contributed by atoms with Crippen molar-refractivity contribution in [2.75, 3.05) is 0 Å². The van der Waals surface area contributed by atoms with Gasteiger partial charge in [-0.05, 0) is 138 Å². The van der Waals surface area contributed by atoms with Gasteiger partial charge in [0, 0.05) is 55.4 Å². The number of aromatic nitrogens is 6. The average Bonchev–Trinajstić information content (AvgIpc) is 1.56. The lowest BCUT2D eigenvalue weighted by molar-refractivity contribution is 0.395. The fraction of sp³-hybridized carbons (Fsp3) is 0.0642. The summed E-state index contributed by atoms with van der Waals surface area (Å²) in [6.07, 6.45) is 18.2. The minimum Gasteiger partial charge on any atom is -0.208 e. The molecule has 6 nitrogen and oxygen atoms in total. The Hall–Kier alpha value is -14.1. The monoisotopic (exact) mass is 1500 g/mol. The Morgan fingerprint density at radius 2 is 0.483 bits per heavy atom. The molecule has 22 rings (SSSR count). The number of fused-ring (bicyclic) bond motifs is 10. The van der Waals surface area contributed by atoms with Gasteiger partial charge in [-0.1, -0.05) is 414 Å². The molecular formula is C109H76N6S. The lowest BCUT2D eigenvalue weighted by Gasteiger charge is -2.30. The van der Waals surface area contributed by atoms with E-state index in [0.717, 1.165) is 55.6 Å². The van der Waals surface area contributed by atoms with Gasteiger partial charge in [0.15, 0.2) is 34.9 Å². The van der Waals surface area contributed by atoms with Gasteiger partial charge in [0.2, 0.25) is 0 Å². The highest BCUT2D eigenvalue weighted by Crippen LogP contribution is 2.56.